The lowest BCUT2D eigenvalue weighted by Crippen LogP contribution is -2.21. The molecule has 0 aromatic heterocycles. The Labute approximate surface area is 184 Å². The summed E-state index contributed by atoms with van der Waals surface area (Å²) in [5.74, 6) is -2.58. The minimum Gasteiger partial charge on any atom is -0.507 e. The molecule has 7 nitrogen and oxygen atoms in total. The molecule has 32 heavy (non-hydrogen) atoms. The molecule has 2 N–H and O–H groups in total. The molecule has 1 aliphatic carbocycles. The molecule has 162 valence electrons. The predicted molar refractivity (Wildman–Crippen MR) is 117 cm³/mol. The zero-order valence-electron chi connectivity index (χ0n) is 17.6. The molecule has 1 aliphatic rings. The molecule has 0 bridgehead atoms. The number of anilines is 1. The van der Waals surface area contributed by atoms with Gasteiger partial charge in [0.05, 0.1) is 17.5 Å². The van der Waals surface area contributed by atoms with Crippen LogP contribution < -0.4 is 4.90 Å². The number of phenols is 2. The Morgan fingerprint density at radius 2 is 1.50 bits per heavy atom. The van der Waals surface area contributed by atoms with Gasteiger partial charge in [0.15, 0.2) is 11.6 Å². The van der Waals surface area contributed by atoms with Crippen LogP contribution in [-0.2, 0) is 22.6 Å². The molecule has 4 rings (SSSR count). The fraction of sp³-hybridized carbons (Fsp3) is 0.160. The topological polar surface area (TPSA) is 104 Å². The minimum absolute atomic E-state index is 0.0240. The number of carbonyl (C=O) groups excluding carboxylic acids is 3. The normalized spacial score (nSPS) is 12.2. The van der Waals surface area contributed by atoms with Crippen LogP contribution in [0.4, 0.5) is 5.69 Å². The summed E-state index contributed by atoms with van der Waals surface area (Å²) in [6.07, 6.45) is 0.0240. The molecule has 0 unspecified atom stereocenters. The summed E-state index contributed by atoms with van der Waals surface area (Å²) in [7, 11) is 3.83. The number of hydrogen-bond acceptors (Lipinski definition) is 7. The van der Waals surface area contributed by atoms with Gasteiger partial charge in [-0.25, -0.2) is 0 Å². The summed E-state index contributed by atoms with van der Waals surface area (Å²) in [6, 6.07) is 14.8. The SMILES string of the molecule is CN(C)c1ccc(CC(=O)OCc2cc(O)c3c(c2O)C(=O)c2ccccc2C3=O)cc1. The molecule has 0 heterocycles. The number of ether oxygens (including phenoxy) is 1. The summed E-state index contributed by atoms with van der Waals surface area (Å²) in [5, 5.41) is 21.1. The fourth-order valence-electron chi connectivity index (χ4n) is 3.71. The van der Waals surface area contributed by atoms with Crippen molar-refractivity contribution in [1.82, 2.24) is 0 Å². The first kappa shape index (κ1) is 21.1. The molecule has 0 fully saturated rings. The van der Waals surface area contributed by atoms with E-state index in [-0.39, 0.29) is 40.8 Å². The fourth-order valence-corrected chi connectivity index (χ4v) is 3.71. The molecule has 0 aliphatic heterocycles. The van der Waals surface area contributed by atoms with Crippen molar-refractivity contribution in [2.24, 2.45) is 0 Å². The van der Waals surface area contributed by atoms with Crippen LogP contribution in [0, 0.1) is 0 Å². The van der Waals surface area contributed by atoms with Crippen molar-refractivity contribution in [3.05, 3.63) is 88.0 Å². The third-order valence-electron chi connectivity index (χ3n) is 5.42. The van der Waals surface area contributed by atoms with Gasteiger partial charge in [-0.05, 0) is 23.8 Å². The Hall–Kier alpha value is -4.13. The lowest BCUT2D eigenvalue weighted by Gasteiger charge is -2.21. The zero-order valence-corrected chi connectivity index (χ0v) is 17.6. The number of rotatable bonds is 5. The van der Waals surface area contributed by atoms with E-state index in [4.69, 9.17) is 4.74 Å². The second-order valence-corrected chi connectivity index (χ2v) is 7.76. The molecule has 7 heteroatoms. The highest BCUT2D eigenvalue weighted by molar-refractivity contribution is 6.30. The van der Waals surface area contributed by atoms with Gasteiger partial charge < -0.3 is 19.8 Å². The molecule has 0 spiro atoms. The molecule has 0 saturated heterocycles. The summed E-state index contributed by atoms with van der Waals surface area (Å²) in [4.78, 5) is 39.9. The molecular weight excluding hydrogens is 410 g/mol. The number of benzene rings is 3. The van der Waals surface area contributed by atoms with Crippen molar-refractivity contribution in [3.8, 4) is 11.5 Å². The van der Waals surface area contributed by atoms with E-state index in [0.717, 1.165) is 17.3 Å². The molecule has 0 atom stereocenters. The molecule has 0 saturated carbocycles. The van der Waals surface area contributed by atoms with Gasteiger partial charge in [-0.3, -0.25) is 14.4 Å². The highest BCUT2D eigenvalue weighted by Crippen LogP contribution is 2.40. The first-order valence-electron chi connectivity index (χ1n) is 9.96. The average molecular weight is 431 g/mol. The van der Waals surface area contributed by atoms with Gasteiger partial charge in [0, 0.05) is 36.5 Å². The van der Waals surface area contributed by atoms with Crippen LogP contribution in [0.15, 0.2) is 54.6 Å². The van der Waals surface area contributed by atoms with Crippen molar-refractivity contribution in [2.75, 3.05) is 19.0 Å². The molecule has 3 aromatic rings. The average Bonchev–Trinajstić information content (AvgIpc) is 2.78. The maximum atomic E-state index is 12.9. The molecular formula is C25H21NO6. The van der Waals surface area contributed by atoms with E-state index < -0.39 is 29.0 Å². The third-order valence-corrected chi connectivity index (χ3v) is 5.42. The van der Waals surface area contributed by atoms with Crippen LogP contribution in [-0.4, -0.2) is 41.8 Å². The number of hydrogen-bond donors (Lipinski definition) is 2. The van der Waals surface area contributed by atoms with Crippen molar-refractivity contribution in [1.29, 1.82) is 0 Å². The van der Waals surface area contributed by atoms with E-state index in [2.05, 4.69) is 0 Å². The smallest absolute Gasteiger partial charge is 0.310 e. The van der Waals surface area contributed by atoms with Crippen molar-refractivity contribution in [3.63, 3.8) is 0 Å². The Kier molecular flexibility index (Phi) is 5.40. The number of carbonyl (C=O) groups is 3. The second kappa shape index (κ2) is 8.19. The summed E-state index contributed by atoms with van der Waals surface area (Å²) in [6.45, 7) is -0.357. The Balaban J connectivity index is 1.54. The summed E-state index contributed by atoms with van der Waals surface area (Å²) in [5.41, 5.74) is 1.58. The second-order valence-electron chi connectivity index (χ2n) is 7.76. The van der Waals surface area contributed by atoms with Crippen LogP contribution in [0.5, 0.6) is 11.5 Å². The van der Waals surface area contributed by atoms with E-state index >= 15 is 0 Å². The van der Waals surface area contributed by atoms with Crippen LogP contribution in [0.2, 0.25) is 0 Å². The highest BCUT2D eigenvalue weighted by Gasteiger charge is 2.35. The van der Waals surface area contributed by atoms with Crippen molar-refractivity contribution >= 4 is 23.2 Å². The van der Waals surface area contributed by atoms with Gasteiger partial charge in [-0.2, -0.15) is 0 Å². The van der Waals surface area contributed by atoms with Crippen LogP contribution in [0.3, 0.4) is 0 Å². The van der Waals surface area contributed by atoms with Gasteiger partial charge >= 0.3 is 5.97 Å². The molecule has 0 radical (unpaired) electrons. The number of esters is 1. The van der Waals surface area contributed by atoms with E-state index in [1.54, 1.807) is 12.1 Å². The van der Waals surface area contributed by atoms with Crippen molar-refractivity contribution in [2.45, 2.75) is 13.0 Å². The number of fused-ring (bicyclic) bond motifs is 2. The van der Waals surface area contributed by atoms with Crippen LogP contribution in [0.1, 0.15) is 43.0 Å². The molecule has 3 aromatic carbocycles. The van der Waals surface area contributed by atoms with E-state index in [9.17, 15) is 24.6 Å². The van der Waals surface area contributed by atoms with Gasteiger partial charge in [0.1, 0.15) is 18.1 Å². The van der Waals surface area contributed by atoms with E-state index in [0.29, 0.717) is 0 Å². The lowest BCUT2D eigenvalue weighted by molar-refractivity contribution is -0.144. The predicted octanol–water partition coefficient (Wildman–Crippen LogP) is 3.23. The Morgan fingerprint density at radius 1 is 0.906 bits per heavy atom. The quantitative estimate of drug-likeness (QED) is 0.369. The van der Waals surface area contributed by atoms with E-state index in [1.807, 2.05) is 43.3 Å². The largest absolute Gasteiger partial charge is 0.507 e. The molecule has 0 amide bonds. The Bertz CT molecular complexity index is 1240. The van der Waals surface area contributed by atoms with Gasteiger partial charge in [-0.1, -0.05) is 36.4 Å². The monoisotopic (exact) mass is 431 g/mol. The van der Waals surface area contributed by atoms with Crippen LogP contribution >= 0.6 is 0 Å². The maximum Gasteiger partial charge on any atom is 0.310 e. The van der Waals surface area contributed by atoms with E-state index in [1.165, 1.54) is 12.1 Å². The number of phenolic OH excluding ortho intramolecular Hbond substituents is 2. The minimum atomic E-state index is -0.572. The standard InChI is InChI=1S/C25H21NO6/c1-26(2)16-9-7-14(8-10-16)11-20(28)32-13-15-12-19(27)21-22(23(15)29)25(31)18-6-4-3-5-17(18)24(21)30/h3-10,12,27,29H,11,13H2,1-2H3. The Morgan fingerprint density at radius 3 is 2.09 bits per heavy atom. The van der Waals surface area contributed by atoms with Crippen LogP contribution in [0.25, 0.3) is 0 Å². The third kappa shape index (κ3) is 3.69. The summed E-state index contributed by atoms with van der Waals surface area (Å²) < 4.78 is 5.25. The number of ketones is 2. The summed E-state index contributed by atoms with van der Waals surface area (Å²) >= 11 is 0. The first-order chi connectivity index (χ1) is 15.3. The number of nitrogens with zero attached hydrogens (tertiary/aromatic N) is 1. The lowest BCUT2D eigenvalue weighted by atomic mass is 9.82. The van der Waals surface area contributed by atoms with Gasteiger partial charge in [0.25, 0.3) is 0 Å². The highest BCUT2D eigenvalue weighted by atomic mass is 16.5. The zero-order chi connectivity index (χ0) is 23.0. The maximum absolute atomic E-state index is 12.9. The number of aromatic hydroxyl groups is 2. The van der Waals surface area contributed by atoms with Crippen molar-refractivity contribution < 1.29 is 29.3 Å². The van der Waals surface area contributed by atoms with Gasteiger partial charge in [0.2, 0.25) is 0 Å². The first-order valence-corrected chi connectivity index (χ1v) is 9.96. The van der Waals surface area contributed by atoms with Gasteiger partial charge in [-0.15, -0.1) is 0 Å².